The standard InChI is InChI=1S/C19H19N3O4S2/c23-18-17(19(24)22-10-4-5-11-22)27-16-9-8-14(12-15(16)20-18)28(25,26)21-13-6-2-1-3-7-13/h1-3,6-9,12,17,21H,4-5,10-11H2,(H,20,23)/t17-/m0/s1. The molecule has 0 radical (unpaired) electrons. The number of carbonyl (C=O) groups excluding carboxylic acids is 2. The molecule has 4 rings (SSSR count). The number of hydrogen-bond donors (Lipinski definition) is 2. The van der Waals surface area contributed by atoms with Gasteiger partial charge in [-0.3, -0.25) is 14.3 Å². The lowest BCUT2D eigenvalue weighted by molar-refractivity contribution is -0.133. The number of sulfonamides is 1. The molecule has 1 saturated heterocycles. The highest BCUT2D eigenvalue weighted by Gasteiger charge is 2.37. The molecule has 9 heteroatoms. The third-order valence-corrected chi connectivity index (χ3v) is 7.31. The second kappa shape index (κ2) is 7.48. The van der Waals surface area contributed by atoms with E-state index in [1.807, 2.05) is 0 Å². The highest BCUT2D eigenvalue weighted by Crippen LogP contribution is 2.38. The van der Waals surface area contributed by atoms with Gasteiger partial charge in [-0.2, -0.15) is 0 Å². The van der Waals surface area contributed by atoms with Gasteiger partial charge >= 0.3 is 0 Å². The first-order valence-electron chi connectivity index (χ1n) is 8.92. The second-order valence-corrected chi connectivity index (χ2v) is 9.48. The third kappa shape index (κ3) is 3.72. The maximum atomic E-state index is 12.6. The predicted molar refractivity (Wildman–Crippen MR) is 108 cm³/mol. The number of fused-ring (bicyclic) bond motifs is 1. The number of para-hydroxylation sites is 1. The van der Waals surface area contributed by atoms with Crippen molar-refractivity contribution in [2.24, 2.45) is 0 Å². The van der Waals surface area contributed by atoms with Gasteiger partial charge in [0.15, 0.2) is 5.25 Å². The fourth-order valence-corrected chi connectivity index (χ4v) is 5.38. The van der Waals surface area contributed by atoms with Gasteiger partial charge in [0.2, 0.25) is 11.8 Å². The van der Waals surface area contributed by atoms with Gasteiger partial charge in [-0.05, 0) is 43.2 Å². The molecule has 2 amide bonds. The number of thioether (sulfide) groups is 1. The predicted octanol–water partition coefficient (Wildman–Crippen LogP) is 2.52. The lowest BCUT2D eigenvalue weighted by Gasteiger charge is -2.27. The number of likely N-dealkylation sites (tertiary alicyclic amines) is 1. The van der Waals surface area contributed by atoms with Crippen molar-refractivity contribution in [2.45, 2.75) is 27.9 Å². The van der Waals surface area contributed by atoms with Crippen molar-refractivity contribution >= 4 is 45.0 Å². The number of amides is 2. The van der Waals surface area contributed by atoms with Crippen LogP contribution < -0.4 is 10.0 Å². The summed E-state index contributed by atoms with van der Waals surface area (Å²) < 4.78 is 27.8. The van der Waals surface area contributed by atoms with Crippen molar-refractivity contribution < 1.29 is 18.0 Å². The molecule has 0 aliphatic carbocycles. The summed E-state index contributed by atoms with van der Waals surface area (Å²) in [5.74, 6) is -0.604. The summed E-state index contributed by atoms with van der Waals surface area (Å²) in [4.78, 5) is 27.5. The van der Waals surface area contributed by atoms with Gasteiger partial charge < -0.3 is 10.2 Å². The number of carbonyl (C=O) groups is 2. The van der Waals surface area contributed by atoms with Crippen LogP contribution in [-0.4, -0.2) is 43.5 Å². The Bertz CT molecular complexity index is 1020. The van der Waals surface area contributed by atoms with Gasteiger partial charge in [-0.1, -0.05) is 18.2 Å². The molecule has 7 nitrogen and oxygen atoms in total. The van der Waals surface area contributed by atoms with Crippen LogP contribution in [0.15, 0.2) is 58.3 Å². The average Bonchev–Trinajstić information content (AvgIpc) is 3.22. The second-order valence-electron chi connectivity index (χ2n) is 6.65. The summed E-state index contributed by atoms with van der Waals surface area (Å²) in [6, 6.07) is 13.1. The van der Waals surface area contributed by atoms with Crippen LogP contribution in [0.25, 0.3) is 0 Å². The minimum absolute atomic E-state index is 0.0420. The number of hydrogen-bond acceptors (Lipinski definition) is 5. The van der Waals surface area contributed by atoms with Crippen molar-refractivity contribution in [3.05, 3.63) is 48.5 Å². The minimum Gasteiger partial charge on any atom is -0.341 e. The largest absolute Gasteiger partial charge is 0.341 e. The lowest BCUT2D eigenvalue weighted by Crippen LogP contribution is -2.43. The molecule has 146 valence electrons. The van der Waals surface area contributed by atoms with E-state index in [1.165, 1.54) is 12.1 Å². The molecule has 0 bridgehead atoms. The van der Waals surface area contributed by atoms with Crippen molar-refractivity contribution in [3.8, 4) is 0 Å². The Kier molecular flexibility index (Phi) is 5.03. The van der Waals surface area contributed by atoms with Crippen molar-refractivity contribution in [1.29, 1.82) is 0 Å². The summed E-state index contributed by atoms with van der Waals surface area (Å²) in [6.07, 6.45) is 1.91. The summed E-state index contributed by atoms with van der Waals surface area (Å²) in [5.41, 5.74) is 0.853. The highest BCUT2D eigenvalue weighted by atomic mass is 32.2. The first kappa shape index (κ1) is 18.8. The maximum absolute atomic E-state index is 12.6. The Morgan fingerprint density at radius 1 is 1.11 bits per heavy atom. The molecular weight excluding hydrogens is 398 g/mol. The molecule has 2 heterocycles. The molecule has 2 aromatic rings. The van der Waals surface area contributed by atoms with Gasteiger partial charge in [-0.15, -0.1) is 11.8 Å². The molecule has 1 fully saturated rings. The monoisotopic (exact) mass is 417 g/mol. The summed E-state index contributed by atoms with van der Waals surface area (Å²) >= 11 is 1.16. The van der Waals surface area contributed by atoms with Crippen LogP contribution in [-0.2, 0) is 19.6 Å². The number of nitrogens with zero attached hydrogens (tertiary/aromatic N) is 1. The zero-order chi connectivity index (χ0) is 19.7. The molecule has 2 aliphatic rings. The van der Waals surface area contributed by atoms with E-state index in [1.54, 1.807) is 41.3 Å². The summed E-state index contributed by atoms with van der Waals surface area (Å²) in [5, 5.41) is 1.85. The summed E-state index contributed by atoms with van der Waals surface area (Å²) in [6.45, 7) is 1.36. The normalized spacial score (nSPS) is 19.1. The van der Waals surface area contributed by atoms with E-state index < -0.39 is 21.2 Å². The average molecular weight is 418 g/mol. The Morgan fingerprint density at radius 2 is 1.82 bits per heavy atom. The molecule has 0 aromatic heterocycles. The molecule has 0 spiro atoms. The minimum atomic E-state index is -3.79. The van der Waals surface area contributed by atoms with E-state index in [2.05, 4.69) is 10.0 Å². The van der Waals surface area contributed by atoms with Crippen molar-refractivity contribution in [3.63, 3.8) is 0 Å². The molecule has 2 N–H and O–H groups in total. The van der Waals surface area contributed by atoms with Gasteiger partial charge in [0.05, 0.1) is 10.6 Å². The number of anilines is 2. The molecule has 0 unspecified atom stereocenters. The third-order valence-electron chi connectivity index (χ3n) is 4.67. The van der Waals surface area contributed by atoms with E-state index in [9.17, 15) is 18.0 Å². The summed E-state index contributed by atoms with van der Waals surface area (Å²) in [7, 11) is -3.79. The smallest absolute Gasteiger partial charge is 0.261 e. The fraction of sp³-hybridized carbons (Fsp3) is 0.263. The lowest BCUT2D eigenvalue weighted by atomic mass is 10.2. The molecule has 1 atom stereocenters. The number of benzene rings is 2. The van der Waals surface area contributed by atoms with E-state index in [0.29, 0.717) is 29.4 Å². The van der Waals surface area contributed by atoms with E-state index in [4.69, 9.17) is 0 Å². The molecule has 0 saturated carbocycles. The van der Waals surface area contributed by atoms with Gasteiger partial charge in [0.1, 0.15) is 0 Å². The number of nitrogens with one attached hydrogen (secondary N) is 2. The van der Waals surface area contributed by atoms with Crippen LogP contribution in [0.4, 0.5) is 11.4 Å². The fourth-order valence-electron chi connectivity index (χ4n) is 3.24. The first-order valence-corrected chi connectivity index (χ1v) is 11.3. The van der Waals surface area contributed by atoms with Crippen LogP contribution in [0.3, 0.4) is 0 Å². The molecule has 2 aliphatic heterocycles. The number of rotatable bonds is 4. The highest BCUT2D eigenvalue weighted by molar-refractivity contribution is 8.01. The Balaban J connectivity index is 1.56. The quantitative estimate of drug-likeness (QED) is 0.746. The van der Waals surface area contributed by atoms with Crippen molar-refractivity contribution in [2.75, 3.05) is 23.1 Å². The van der Waals surface area contributed by atoms with Crippen LogP contribution >= 0.6 is 11.8 Å². The van der Waals surface area contributed by atoms with Gasteiger partial charge in [0, 0.05) is 23.7 Å². The molecule has 28 heavy (non-hydrogen) atoms. The zero-order valence-electron chi connectivity index (χ0n) is 14.9. The first-order chi connectivity index (χ1) is 13.4. The van der Waals surface area contributed by atoms with Crippen LogP contribution in [0.2, 0.25) is 0 Å². The molecular formula is C19H19N3O4S2. The topological polar surface area (TPSA) is 95.6 Å². The van der Waals surface area contributed by atoms with Gasteiger partial charge in [0.25, 0.3) is 10.0 Å². The van der Waals surface area contributed by atoms with Crippen LogP contribution in [0.1, 0.15) is 12.8 Å². The zero-order valence-corrected chi connectivity index (χ0v) is 16.6. The SMILES string of the molecule is O=C1Nc2cc(S(=O)(=O)Nc3ccccc3)ccc2S[C@@H]1C(=O)N1CCCC1. The Morgan fingerprint density at radius 3 is 2.54 bits per heavy atom. The van der Waals surface area contributed by atoms with Crippen molar-refractivity contribution in [1.82, 2.24) is 4.90 Å². The van der Waals surface area contributed by atoms with E-state index >= 15 is 0 Å². The Hall–Kier alpha value is -2.52. The molecule has 2 aromatic carbocycles. The van der Waals surface area contributed by atoms with E-state index in [0.717, 1.165) is 24.6 Å². The van der Waals surface area contributed by atoms with Crippen LogP contribution in [0, 0.1) is 0 Å². The van der Waals surface area contributed by atoms with Gasteiger partial charge in [-0.25, -0.2) is 8.42 Å². The Labute approximate surface area is 167 Å². The maximum Gasteiger partial charge on any atom is 0.261 e. The van der Waals surface area contributed by atoms with E-state index in [-0.39, 0.29) is 10.8 Å². The van der Waals surface area contributed by atoms with Crippen LogP contribution in [0.5, 0.6) is 0 Å².